The quantitative estimate of drug-likeness (QED) is 0.927. The van der Waals surface area contributed by atoms with Gasteiger partial charge in [-0.2, -0.15) is 0 Å². The Morgan fingerprint density at radius 3 is 2.10 bits per heavy atom. The minimum Gasteiger partial charge on any atom is -0.411 e. The molecule has 1 aromatic heterocycles. The number of hydrogen-bond donors (Lipinski definition) is 1. The van der Waals surface area contributed by atoms with Gasteiger partial charge in [0, 0.05) is 17.0 Å². The fraction of sp³-hybridized carbons (Fsp3) is 0.267. The van der Waals surface area contributed by atoms with E-state index < -0.39 is 6.09 Å². The van der Waals surface area contributed by atoms with Crippen molar-refractivity contribution in [1.29, 1.82) is 0 Å². The number of ether oxygens (including phenoxy) is 1. The minimum absolute atomic E-state index is 0.406. The fourth-order valence-corrected chi connectivity index (χ4v) is 1.83. The Kier molecular flexibility index (Phi) is 4.30. The smallest absolute Gasteiger partial charge is 0.409 e. The molecule has 0 saturated carbocycles. The molecule has 20 heavy (non-hydrogen) atoms. The van der Waals surface area contributed by atoms with Crippen LogP contribution in [0.5, 0.6) is 5.75 Å². The second-order valence-electron chi connectivity index (χ2n) is 4.33. The van der Waals surface area contributed by atoms with Gasteiger partial charge in [0.05, 0.1) is 0 Å². The van der Waals surface area contributed by atoms with Crippen LogP contribution in [0.15, 0.2) is 30.3 Å². The van der Waals surface area contributed by atoms with Crippen molar-refractivity contribution in [2.24, 2.45) is 5.73 Å². The van der Waals surface area contributed by atoms with E-state index in [0.29, 0.717) is 11.6 Å². The SMILES string of the molecule is CCc1cc(CC)nc(-c2ccc(OC(N)=O)cc2)n1. The number of rotatable bonds is 4. The largest absolute Gasteiger partial charge is 0.411 e. The van der Waals surface area contributed by atoms with Gasteiger partial charge in [-0.3, -0.25) is 0 Å². The number of benzene rings is 1. The molecule has 0 aliphatic carbocycles. The van der Waals surface area contributed by atoms with Crippen LogP contribution in [-0.2, 0) is 12.8 Å². The first-order valence-corrected chi connectivity index (χ1v) is 6.57. The normalized spacial score (nSPS) is 10.3. The van der Waals surface area contributed by atoms with Crippen molar-refractivity contribution < 1.29 is 9.53 Å². The van der Waals surface area contributed by atoms with Crippen molar-refractivity contribution in [2.45, 2.75) is 26.7 Å². The standard InChI is InChI=1S/C15H17N3O2/c1-3-11-9-12(4-2)18-14(17-11)10-5-7-13(8-6-10)20-15(16)19/h5-9H,3-4H2,1-2H3,(H2,16,19). The first-order chi connectivity index (χ1) is 9.62. The first kappa shape index (κ1) is 14.0. The van der Waals surface area contributed by atoms with E-state index in [1.165, 1.54) is 0 Å². The lowest BCUT2D eigenvalue weighted by molar-refractivity contribution is 0.211. The Balaban J connectivity index is 2.33. The lowest BCUT2D eigenvalue weighted by atomic mass is 10.1. The number of carbonyl (C=O) groups excluding carboxylic acids is 1. The van der Waals surface area contributed by atoms with Crippen LogP contribution in [0.2, 0.25) is 0 Å². The highest BCUT2D eigenvalue weighted by molar-refractivity contribution is 5.68. The molecule has 104 valence electrons. The number of amides is 1. The van der Waals surface area contributed by atoms with Crippen molar-refractivity contribution in [2.75, 3.05) is 0 Å². The van der Waals surface area contributed by atoms with Gasteiger partial charge in [-0.1, -0.05) is 13.8 Å². The molecule has 2 rings (SSSR count). The van der Waals surface area contributed by atoms with E-state index in [0.717, 1.165) is 29.8 Å². The van der Waals surface area contributed by atoms with Gasteiger partial charge in [0.2, 0.25) is 0 Å². The Hall–Kier alpha value is -2.43. The van der Waals surface area contributed by atoms with Gasteiger partial charge in [-0.05, 0) is 43.2 Å². The lowest BCUT2D eigenvalue weighted by Crippen LogP contribution is -2.16. The number of hydrogen-bond acceptors (Lipinski definition) is 4. The Bertz CT molecular complexity index is 587. The topological polar surface area (TPSA) is 78.1 Å². The Labute approximate surface area is 117 Å². The van der Waals surface area contributed by atoms with Gasteiger partial charge in [0.25, 0.3) is 0 Å². The number of carbonyl (C=O) groups is 1. The number of aromatic nitrogens is 2. The molecule has 0 aliphatic rings. The van der Waals surface area contributed by atoms with Gasteiger partial charge in [-0.25, -0.2) is 14.8 Å². The second-order valence-corrected chi connectivity index (χ2v) is 4.33. The summed E-state index contributed by atoms with van der Waals surface area (Å²) >= 11 is 0. The molecule has 0 spiro atoms. The maximum atomic E-state index is 10.7. The zero-order chi connectivity index (χ0) is 14.5. The summed E-state index contributed by atoms with van der Waals surface area (Å²) in [6.07, 6.45) is 0.909. The van der Waals surface area contributed by atoms with Gasteiger partial charge < -0.3 is 10.5 Å². The highest BCUT2D eigenvalue weighted by Gasteiger charge is 2.06. The van der Waals surface area contributed by atoms with Gasteiger partial charge in [0.1, 0.15) is 5.75 Å². The molecular formula is C15H17N3O2. The highest BCUT2D eigenvalue weighted by atomic mass is 16.5. The van der Waals surface area contributed by atoms with Crippen LogP contribution in [-0.4, -0.2) is 16.1 Å². The molecule has 0 unspecified atom stereocenters. The molecular weight excluding hydrogens is 254 g/mol. The predicted molar refractivity (Wildman–Crippen MR) is 76.4 cm³/mol. The molecule has 5 heteroatoms. The van der Waals surface area contributed by atoms with Gasteiger partial charge in [-0.15, -0.1) is 0 Å². The van der Waals surface area contributed by atoms with E-state index in [2.05, 4.69) is 23.8 Å². The third-order valence-electron chi connectivity index (χ3n) is 2.89. The van der Waals surface area contributed by atoms with E-state index in [1.54, 1.807) is 12.1 Å². The zero-order valence-electron chi connectivity index (χ0n) is 11.6. The van der Waals surface area contributed by atoms with Crippen molar-refractivity contribution in [3.8, 4) is 17.1 Å². The molecule has 2 N–H and O–H groups in total. The Morgan fingerprint density at radius 2 is 1.65 bits per heavy atom. The summed E-state index contributed by atoms with van der Waals surface area (Å²) < 4.78 is 4.79. The molecule has 0 bridgehead atoms. The van der Waals surface area contributed by atoms with Crippen LogP contribution in [0, 0.1) is 0 Å². The summed E-state index contributed by atoms with van der Waals surface area (Å²) in [6.45, 7) is 4.13. The number of nitrogens with two attached hydrogens (primary N) is 1. The average Bonchev–Trinajstić information content (AvgIpc) is 2.46. The molecule has 0 atom stereocenters. The summed E-state index contributed by atoms with van der Waals surface area (Å²) in [7, 11) is 0. The molecule has 2 aromatic rings. The van der Waals surface area contributed by atoms with E-state index in [-0.39, 0.29) is 0 Å². The molecule has 0 aliphatic heterocycles. The van der Waals surface area contributed by atoms with E-state index in [9.17, 15) is 4.79 Å². The Morgan fingerprint density at radius 1 is 1.10 bits per heavy atom. The molecule has 1 amide bonds. The first-order valence-electron chi connectivity index (χ1n) is 6.57. The summed E-state index contributed by atoms with van der Waals surface area (Å²) in [6, 6.07) is 8.99. The number of aryl methyl sites for hydroxylation is 2. The third-order valence-corrected chi connectivity index (χ3v) is 2.89. The van der Waals surface area contributed by atoms with E-state index in [1.807, 2.05) is 18.2 Å². The summed E-state index contributed by atoms with van der Waals surface area (Å²) in [5.41, 5.74) is 7.88. The summed E-state index contributed by atoms with van der Waals surface area (Å²) in [4.78, 5) is 19.7. The van der Waals surface area contributed by atoms with Gasteiger partial charge in [0.15, 0.2) is 5.82 Å². The molecule has 1 aromatic carbocycles. The summed E-state index contributed by atoms with van der Waals surface area (Å²) in [5.74, 6) is 1.09. The molecule has 5 nitrogen and oxygen atoms in total. The van der Waals surface area contributed by atoms with Crippen molar-refractivity contribution in [1.82, 2.24) is 9.97 Å². The van der Waals surface area contributed by atoms with E-state index in [4.69, 9.17) is 10.5 Å². The van der Waals surface area contributed by atoms with Crippen LogP contribution in [0.3, 0.4) is 0 Å². The van der Waals surface area contributed by atoms with Crippen molar-refractivity contribution in [3.63, 3.8) is 0 Å². The second kappa shape index (κ2) is 6.14. The number of primary amides is 1. The van der Waals surface area contributed by atoms with Crippen LogP contribution in [0.4, 0.5) is 4.79 Å². The highest BCUT2D eigenvalue weighted by Crippen LogP contribution is 2.20. The average molecular weight is 271 g/mol. The van der Waals surface area contributed by atoms with Crippen molar-refractivity contribution >= 4 is 6.09 Å². The number of nitrogens with zero attached hydrogens (tertiary/aromatic N) is 2. The van der Waals surface area contributed by atoms with Gasteiger partial charge >= 0.3 is 6.09 Å². The van der Waals surface area contributed by atoms with Crippen LogP contribution in [0.25, 0.3) is 11.4 Å². The van der Waals surface area contributed by atoms with Crippen LogP contribution < -0.4 is 10.5 Å². The molecule has 0 radical (unpaired) electrons. The molecule has 0 saturated heterocycles. The summed E-state index contributed by atoms with van der Waals surface area (Å²) in [5, 5.41) is 0. The van der Waals surface area contributed by atoms with Crippen LogP contribution >= 0.6 is 0 Å². The minimum atomic E-state index is -0.824. The lowest BCUT2D eigenvalue weighted by Gasteiger charge is -2.07. The zero-order valence-corrected chi connectivity index (χ0v) is 11.6. The fourth-order valence-electron chi connectivity index (χ4n) is 1.83. The molecule has 0 fully saturated rings. The van der Waals surface area contributed by atoms with E-state index >= 15 is 0 Å². The maximum absolute atomic E-state index is 10.7. The maximum Gasteiger partial charge on any atom is 0.409 e. The van der Waals surface area contributed by atoms with Crippen LogP contribution in [0.1, 0.15) is 25.2 Å². The predicted octanol–water partition coefficient (Wildman–Crippen LogP) is 2.73. The third kappa shape index (κ3) is 3.32. The molecule has 1 heterocycles. The van der Waals surface area contributed by atoms with Crippen molar-refractivity contribution in [3.05, 3.63) is 41.7 Å². The monoisotopic (exact) mass is 271 g/mol.